The van der Waals surface area contributed by atoms with Crippen molar-refractivity contribution in [3.05, 3.63) is 69.7 Å². The fraction of sp³-hybridized carbons (Fsp3) is 0.381. The maximum Gasteiger partial charge on any atom is 0.411 e. The van der Waals surface area contributed by atoms with Gasteiger partial charge in [0.15, 0.2) is 0 Å². The molecule has 7 heteroatoms. The SMILES string of the molecule is C[C@@H](c1ccc(Br)cc1)N1CCC(CCCO)(c2ccc(F)cc2F)OC1=O. The zero-order valence-electron chi connectivity index (χ0n) is 15.5. The molecule has 4 nitrogen and oxygen atoms in total. The van der Waals surface area contributed by atoms with E-state index >= 15 is 0 Å². The van der Waals surface area contributed by atoms with Gasteiger partial charge in [0.05, 0.1) is 6.04 Å². The van der Waals surface area contributed by atoms with Crippen LogP contribution in [0, 0.1) is 11.6 Å². The Morgan fingerprint density at radius 2 is 1.96 bits per heavy atom. The lowest BCUT2D eigenvalue weighted by molar-refractivity contribution is -0.0697. The molecule has 1 fully saturated rings. The molecule has 1 saturated heterocycles. The lowest BCUT2D eigenvalue weighted by Crippen LogP contribution is -2.49. The minimum absolute atomic E-state index is 0.110. The number of hydrogen-bond donors (Lipinski definition) is 1. The van der Waals surface area contributed by atoms with Gasteiger partial charge < -0.3 is 14.7 Å². The first kappa shape index (κ1) is 20.7. The molecule has 3 rings (SSSR count). The predicted molar refractivity (Wildman–Crippen MR) is 105 cm³/mol. The van der Waals surface area contributed by atoms with E-state index < -0.39 is 23.3 Å². The second-order valence-electron chi connectivity index (χ2n) is 6.98. The quantitative estimate of drug-likeness (QED) is 0.645. The van der Waals surface area contributed by atoms with E-state index in [1.807, 2.05) is 31.2 Å². The Kier molecular flexibility index (Phi) is 6.35. The summed E-state index contributed by atoms with van der Waals surface area (Å²) in [6.07, 6.45) is 0.399. The van der Waals surface area contributed by atoms with Crippen LogP contribution in [0.3, 0.4) is 0 Å². The van der Waals surface area contributed by atoms with Crippen molar-refractivity contribution in [2.75, 3.05) is 13.2 Å². The third kappa shape index (κ3) is 4.20. The van der Waals surface area contributed by atoms with Gasteiger partial charge >= 0.3 is 6.09 Å². The number of nitrogens with zero attached hydrogens (tertiary/aromatic N) is 1. The largest absolute Gasteiger partial charge is 0.438 e. The Morgan fingerprint density at radius 3 is 2.57 bits per heavy atom. The molecule has 0 radical (unpaired) electrons. The van der Waals surface area contributed by atoms with Gasteiger partial charge in [0.1, 0.15) is 17.2 Å². The molecule has 0 spiro atoms. The van der Waals surface area contributed by atoms with Crippen LogP contribution in [0.2, 0.25) is 0 Å². The number of halogens is 3. The standard InChI is InChI=1S/C21H22BrF2NO3/c1-14(15-3-5-16(22)6-4-15)25-11-10-21(9-2-12-26,28-20(25)27)18-8-7-17(23)13-19(18)24/h3-8,13-14,26H,2,9-12H2,1H3/t14-,21?/m0/s1. The topological polar surface area (TPSA) is 49.8 Å². The molecule has 0 saturated carbocycles. The Morgan fingerprint density at radius 1 is 1.25 bits per heavy atom. The number of benzene rings is 2. The van der Waals surface area contributed by atoms with Crippen LogP contribution >= 0.6 is 15.9 Å². The summed E-state index contributed by atoms with van der Waals surface area (Å²) >= 11 is 3.39. The average molecular weight is 454 g/mol. The van der Waals surface area contributed by atoms with Gasteiger partial charge in [-0.15, -0.1) is 0 Å². The lowest BCUT2D eigenvalue weighted by Gasteiger charge is -2.43. The molecule has 2 atom stereocenters. The Labute approximate surface area is 171 Å². The van der Waals surface area contributed by atoms with Gasteiger partial charge in [-0.2, -0.15) is 0 Å². The smallest absolute Gasteiger partial charge is 0.411 e. The molecular formula is C21H22BrF2NO3. The molecule has 0 aromatic heterocycles. The molecule has 28 heavy (non-hydrogen) atoms. The number of hydrogen-bond acceptors (Lipinski definition) is 3. The molecule has 1 aliphatic rings. The third-order valence-corrected chi connectivity index (χ3v) is 5.78. The highest BCUT2D eigenvalue weighted by Gasteiger charge is 2.44. The third-order valence-electron chi connectivity index (χ3n) is 5.25. The van der Waals surface area contributed by atoms with Crippen LogP contribution < -0.4 is 0 Å². The summed E-state index contributed by atoms with van der Waals surface area (Å²) in [5, 5.41) is 9.24. The van der Waals surface area contributed by atoms with Gasteiger partial charge in [-0.25, -0.2) is 13.6 Å². The van der Waals surface area contributed by atoms with Crippen molar-refractivity contribution in [1.82, 2.24) is 4.90 Å². The normalized spacial score (nSPS) is 20.8. The number of aliphatic hydroxyl groups excluding tert-OH is 1. The van der Waals surface area contributed by atoms with Gasteiger partial charge in [0, 0.05) is 35.7 Å². The molecule has 1 unspecified atom stereocenters. The summed E-state index contributed by atoms with van der Waals surface area (Å²) in [5.41, 5.74) is -0.115. The van der Waals surface area contributed by atoms with Crippen molar-refractivity contribution < 1.29 is 23.4 Å². The molecule has 1 aliphatic heterocycles. The summed E-state index contributed by atoms with van der Waals surface area (Å²) in [5.74, 6) is -1.44. The molecular weight excluding hydrogens is 432 g/mol. The average Bonchev–Trinajstić information content (AvgIpc) is 2.66. The van der Waals surface area contributed by atoms with E-state index in [2.05, 4.69) is 15.9 Å². The van der Waals surface area contributed by atoms with Crippen LogP contribution in [0.15, 0.2) is 46.9 Å². The number of cyclic esters (lactones) is 1. The molecule has 0 aliphatic carbocycles. The Balaban J connectivity index is 1.86. The van der Waals surface area contributed by atoms with E-state index in [1.54, 1.807) is 4.90 Å². The van der Waals surface area contributed by atoms with Gasteiger partial charge in [0.2, 0.25) is 0 Å². The van der Waals surface area contributed by atoms with Crippen molar-refractivity contribution in [2.24, 2.45) is 0 Å². The molecule has 0 bridgehead atoms. The number of carbonyl (C=O) groups is 1. The molecule has 150 valence electrons. The van der Waals surface area contributed by atoms with Crippen molar-refractivity contribution in [3.8, 4) is 0 Å². The summed E-state index contributed by atoms with van der Waals surface area (Å²) < 4.78 is 34.5. The highest BCUT2D eigenvalue weighted by molar-refractivity contribution is 9.10. The highest BCUT2D eigenvalue weighted by Crippen LogP contribution is 2.41. The van der Waals surface area contributed by atoms with Crippen molar-refractivity contribution in [2.45, 2.75) is 37.8 Å². The van der Waals surface area contributed by atoms with E-state index in [-0.39, 0.29) is 24.6 Å². The molecule has 1 N–H and O–H groups in total. The second-order valence-corrected chi connectivity index (χ2v) is 7.90. The van der Waals surface area contributed by atoms with Gasteiger partial charge in [-0.05, 0) is 49.6 Å². The fourth-order valence-electron chi connectivity index (χ4n) is 3.67. The number of amides is 1. The van der Waals surface area contributed by atoms with Gasteiger partial charge in [-0.1, -0.05) is 28.1 Å². The van der Waals surface area contributed by atoms with Crippen LogP contribution in [0.1, 0.15) is 43.4 Å². The zero-order chi connectivity index (χ0) is 20.3. The van der Waals surface area contributed by atoms with Crippen molar-refractivity contribution >= 4 is 22.0 Å². The van der Waals surface area contributed by atoms with Crippen LogP contribution in [-0.2, 0) is 10.3 Å². The monoisotopic (exact) mass is 453 g/mol. The van der Waals surface area contributed by atoms with Crippen molar-refractivity contribution in [1.29, 1.82) is 0 Å². The molecule has 2 aromatic carbocycles. The fourth-order valence-corrected chi connectivity index (χ4v) is 3.93. The second kappa shape index (κ2) is 8.57. The number of aliphatic hydroxyl groups is 1. The zero-order valence-corrected chi connectivity index (χ0v) is 17.1. The molecule has 1 amide bonds. The van der Waals surface area contributed by atoms with Crippen molar-refractivity contribution in [3.63, 3.8) is 0 Å². The molecule has 2 aromatic rings. The minimum Gasteiger partial charge on any atom is -0.438 e. The highest BCUT2D eigenvalue weighted by atomic mass is 79.9. The maximum absolute atomic E-state index is 14.5. The van der Waals surface area contributed by atoms with Crippen LogP contribution in [-0.4, -0.2) is 29.3 Å². The first-order valence-corrected chi connectivity index (χ1v) is 9.97. The number of carbonyl (C=O) groups excluding carboxylic acids is 1. The minimum atomic E-state index is -1.21. The van der Waals surface area contributed by atoms with E-state index in [0.717, 1.165) is 22.2 Å². The van der Waals surface area contributed by atoms with E-state index in [9.17, 15) is 18.7 Å². The first-order valence-electron chi connectivity index (χ1n) is 9.18. The Hall–Kier alpha value is -1.99. The van der Waals surface area contributed by atoms with E-state index in [1.165, 1.54) is 6.07 Å². The molecule has 1 heterocycles. The van der Waals surface area contributed by atoms with Crippen LogP contribution in [0.5, 0.6) is 0 Å². The number of rotatable bonds is 6. The van der Waals surface area contributed by atoms with E-state index in [4.69, 9.17) is 4.74 Å². The van der Waals surface area contributed by atoms with E-state index in [0.29, 0.717) is 19.4 Å². The Bertz CT molecular complexity index is 846. The summed E-state index contributed by atoms with van der Waals surface area (Å²) in [7, 11) is 0. The van der Waals surface area contributed by atoms with Gasteiger partial charge in [-0.3, -0.25) is 0 Å². The summed E-state index contributed by atoms with van der Waals surface area (Å²) in [6.45, 7) is 2.16. The summed E-state index contributed by atoms with van der Waals surface area (Å²) in [6, 6.07) is 10.7. The van der Waals surface area contributed by atoms with Crippen LogP contribution in [0.25, 0.3) is 0 Å². The maximum atomic E-state index is 14.5. The number of ether oxygens (including phenoxy) is 1. The van der Waals surface area contributed by atoms with Crippen LogP contribution in [0.4, 0.5) is 13.6 Å². The first-order chi connectivity index (χ1) is 13.4. The van der Waals surface area contributed by atoms with Gasteiger partial charge in [0.25, 0.3) is 0 Å². The summed E-state index contributed by atoms with van der Waals surface area (Å²) in [4.78, 5) is 14.4. The predicted octanol–water partition coefficient (Wildman–Crippen LogP) is 5.30. The lowest BCUT2D eigenvalue weighted by atomic mass is 9.84.